The molecule has 0 radical (unpaired) electrons. The van der Waals surface area contributed by atoms with Crippen LogP contribution in [-0.4, -0.2) is 43.4 Å². The summed E-state index contributed by atoms with van der Waals surface area (Å²) < 4.78 is 22.6. The molecule has 0 bridgehead atoms. The monoisotopic (exact) mass is 279 g/mol. The van der Waals surface area contributed by atoms with E-state index in [9.17, 15) is 18.6 Å². The molecular formula is C10H14ClNO4S. The Labute approximate surface area is 105 Å². The van der Waals surface area contributed by atoms with Gasteiger partial charge in [0.25, 0.3) is 0 Å². The molecule has 0 heterocycles. The zero-order valence-corrected chi connectivity index (χ0v) is 10.8. The summed E-state index contributed by atoms with van der Waals surface area (Å²) in [5.74, 6) is -0.0290. The molecule has 1 aromatic rings. The summed E-state index contributed by atoms with van der Waals surface area (Å²) in [6.07, 6.45) is 0.314. The SMILES string of the molecule is CS(=O)(=O)c1ccc(O)c(NCC(O)CCl)c1. The number of phenolic OH excluding ortho intramolecular Hbond substituents is 1. The van der Waals surface area contributed by atoms with E-state index in [-0.39, 0.29) is 28.8 Å². The first-order chi connectivity index (χ1) is 7.84. The van der Waals surface area contributed by atoms with Crippen molar-refractivity contribution in [1.29, 1.82) is 0 Å². The van der Waals surface area contributed by atoms with Crippen molar-refractivity contribution in [3.8, 4) is 5.75 Å². The third kappa shape index (κ3) is 4.07. The lowest BCUT2D eigenvalue weighted by molar-refractivity contribution is 0.211. The van der Waals surface area contributed by atoms with Crippen LogP contribution in [0.15, 0.2) is 23.1 Å². The van der Waals surface area contributed by atoms with Crippen LogP contribution in [0.2, 0.25) is 0 Å². The molecule has 0 aromatic heterocycles. The maximum Gasteiger partial charge on any atom is 0.175 e. The van der Waals surface area contributed by atoms with E-state index in [0.717, 1.165) is 6.26 Å². The normalized spacial score (nSPS) is 13.4. The fourth-order valence-electron chi connectivity index (χ4n) is 1.17. The number of nitrogens with one attached hydrogen (secondary N) is 1. The van der Waals surface area contributed by atoms with Gasteiger partial charge in [0.15, 0.2) is 9.84 Å². The Morgan fingerprint density at radius 3 is 2.65 bits per heavy atom. The number of hydrogen-bond donors (Lipinski definition) is 3. The molecule has 0 fully saturated rings. The maximum absolute atomic E-state index is 11.3. The summed E-state index contributed by atoms with van der Waals surface area (Å²) in [7, 11) is -3.33. The molecular weight excluding hydrogens is 266 g/mol. The molecule has 17 heavy (non-hydrogen) atoms. The molecule has 96 valence electrons. The highest BCUT2D eigenvalue weighted by molar-refractivity contribution is 7.90. The summed E-state index contributed by atoms with van der Waals surface area (Å²) in [5, 5.41) is 21.5. The number of aliphatic hydroxyl groups excluding tert-OH is 1. The summed E-state index contributed by atoms with van der Waals surface area (Å²) in [6, 6.07) is 3.91. The van der Waals surface area contributed by atoms with Crippen LogP contribution in [0.25, 0.3) is 0 Å². The first-order valence-electron chi connectivity index (χ1n) is 4.85. The van der Waals surface area contributed by atoms with E-state index >= 15 is 0 Å². The average molecular weight is 280 g/mol. The summed E-state index contributed by atoms with van der Waals surface area (Å²) in [5.41, 5.74) is 0.247. The molecule has 0 aliphatic heterocycles. The molecule has 1 atom stereocenters. The van der Waals surface area contributed by atoms with Crippen LogP contribution < -0.4 is 5.32 Å². The van der Waals surface area contributed by atoms with Gasteiger partial charge in [-0.05, 0) is 18.2 Å². The average Bonchev–Trinajstić information content (AvgIpc) is 2.26. The predicted molar refractivity (Wildman–Crippen MR) is 66.4 cm³/mol. The molecule has 0 aliphatic rings. The maximum atomic E-state index is 11.3. The van der Waals surface area contributed by atoms with Gasteiger partial charge in [0.1, 0.15) is 5.75 Å². The second kappa shape index (κ2) is 5.57. The van der Waals surface area contributed by atoms with Crippen LogP contribution in [0.1, 0.15) is 0 Å². The minimum Gasteiger partial charge on any atom is -0.506 e. The third-order valence-electron chi connectivity index (χ3n) is 2.10. The zero-order chi connectivity index (χ0) is 13.1. The first-order valence-corrected chi connectivity index (χ1v) is 7.28. The summed E-state index contributed by atoms with van der Waals surface area (Å²) in [4.78, 5) is 0.0955. The van der Waals surface area contributed by atoms with Crippen LogP contribution in [0, 0.1) is 0 Å². The van der Waals surface area contributed by atoms with Crippen molar-refractivity contribution < 1.29 is 18.6 Å². The topological polar surface area (TPSA) is 86.6 Å². The number of alkyl halides is 1. The number of rotatable bonds is 5. The summed E-state index contributed by atoms with van der Waals surface area (Å²) in [6.45, 7) is 0.129. The fraction of sp³-hybridized carbons (Fsp3) is 0.400. The molecule has 3 N–H and O–H groups in total. The van der Waals surface area contributed by atoms with Gasteiger partial charge < -0.3 is 15.5 Å². The van der Waals surface area contributed by atoms with Gasteiger partial charge in [-0.25, -0.2) is 8.42 Å². The van der Waals surface area contributed by atoms with Crippen molar-refractivity contribution in [2.75, 3.05) is 24.0 Å². The zero-order valence-electron chi connectivity index (χ0n) is 9.22. The van der Waals surface area contributed by atoms with E-state index in [4.69, 9.17) is 11.6 Å². The van der Waals surface area contributed by atoms with Crippen LogP contribution in [-0.2, 0) is 9.84 Å². The van der Waals surface area contributed by atoms with Crippen LogP contribution in [0.4, 0.5) is 5.69 Å². The lowest BCUT2D eigenvalue weighted by Gasteiger charge is -2.12. The Morgan fingerprint density at radius 2 is 2.12 bits per heavy atom. The van der Waals surface area contributed by atoms with Gasteiger partial charge in [-0.1, -0.05) is 0 Å². The number of aromatic hydroxyl groups is 1. The molecule has 1 unspecified atom stereocenters. The summed E-state index contributed by atoms with van der Waals surface area (Å²) >= 11 is 5.41. The Kier molecular flexibility index (Phi) is 4.62. The molecule has 0 aliphatic carbocycles. The molecule has 7 heteroatoms. The second-order valence-corrected chi connectivity index (χ2v) is 5.96. The number of anilines is 1. The van der Waals surface area contributed by atoms with Crippen molar-refractivity contribution in [3.05, 3.63) is 18.2 Å². The molecule has 0 saturated carbocycles. The van der Waals surface area contributed by atoms with Gasteiger partial charge >= 0.3 is 0 Å². The van der Waals surface area contributed by atoms with E-state index in [1.54, 1.807) is 0 Å². The van der Waals surface area contributed by atoms with E-state index in [2.05, 4.69) is 5.32 Å². The van der Waals surface area contributed by atoms with Crippen molar-refractivity contribution >= 4 is 27.1 Å². The standard InChI is InChI=1S/C10H14ClNO4S/c1-17(15,16)8-2-3-10(14)9(4-8)12-6-7(13)5-11/h2-4,7,12-14H,5-6H2,1H3. The molecule has 0 amide bonds. The number of benzene rings is 1. The Balaban J connectivity index is 2.92. The number of sulfone groups is 1. The number of hydrogen-bond acceptors (Lipinski definition) is 5. The number of phenols is 1. The van der Waals surface area contributed by atoms with Gasteiger partial charge in [0.05, 0.1) is 22.6 Å². The first kappa shape index (κ1) is 14.1. The highest BCUT2D eigenvalue weighted by Crippen LogP contribution is 2.26. The minimum absolute atomic E-state index is 0.0551. The lowest BCUT2D eigenvalue weighted by atomic mass is 10.3. The van der Waals surface area contributed by atoms with E-state index < -0.39 is 15.9 Å². The molecule has 0 saturated heterocycles. The molecule has 1 rings (SSSR count). The van der Waals surface area contributed by atoms with Gasteiger partial charge in [0.2, 0.25) is 0 Å². The molecule has 5 nitrogen and oxygen atoms in total. The van der Waals surface area contributed by atoms with Gasteiger partial charge in [-0.2, -0.15) is 0 Å². The number of aliphatic hydroxyl groups is 1. The van der Waals surface area contributed by atoms with Gasteiger partial charge in [-0.3, -0.25) is 0 Å². The van der Waals surface area contributed by atoms with Crippen LogP contribution in [0.3, 0.4) is 0 Å². The van der Waals surface area contributed by atoms with Crippen molar-refractivity contribution in [1.82, 2.24) is 0 Å². The lowest BCUT2D eigenvalue weighted by Crippen LogP contribution is -2.20. The van der Waals surface area contributed by atoms with Crippen LogP contribution in [0.5, 0.6) is 5.75 Å². The fourth-order valence-corrected chi connectivity index (χ4v) is 1.93. The second-order valence-electron chi connectivity index (χ2n) is 3.64. The van der Waals surface area contributed by atoms with Crippen molar-refractivity contribution in [2.24, 2.45) is 0 Å². The predicted octanol–water partition coefficient (Wildman–Crippen LogP) is 0.807. The van der Waals surface area contributed by atoms with Gasteiger partial charge in [0, 0.05) is 12.8 Å². The van der Waals surface area contributed by atoms with Crippen molar-refractivity contribution in [2.45, 2.75) is 11.0 Å². The Bertz CT molecular complexity index is 489. The molecule has 0 spiro atoms. The van der Waals surface area contributed by atoms with E-state index in [0.29, 0.717) is 0 Å². The highest BCUT2D eigenvalue weighted by atomic mass is 35.5. The largest absolute Gasteiger partial charge is 0.506 e. The Morgan fingerprint density at radius 1 is 1.47 bits per heavy atom. The van der Waals surface area contributed by atoms with Gasteiger partial charge in [-0.15, -0.1) is 11.6 Å². The molecule has 1 aromatic carbocycles. The smallest absolute Gasteiger partial charge is 0.175 e. The number of halogens is 1. The third-order valence-corrected chi connectivity index (χ3v) is 3.57. The quantitative estimate of drug-likeness (QED) is 0.548. The van der Waals surface area contributed by atoms with E-state index in [1.807, 2.05) is 0 Å². The van der Waals surface area contributed by atoms with Crippen molar-refractivity contribution in [3.63, 3.8) is 0 Å². The minimum atomic E-state index is -3.33. The highest BCUT2D eigenvalue weighted by Gasteiger charge is 2.11. The Hall–Kier alpha value is -0.980. The van der Waals surface area contributed by atoms with E-state index in [1.165, 1.54) is 18.2 Å². The van der Waals surface area contributed by atoms with Crippen LogP contribution >= 0.6 is 11.6 Å².